The van der Waals surface area contributed by atoms with Gasteiger partial charge in [0.05, 0.1) is 6.10 Å². The van der Waals surface area contributed by atoms with Crippen LogP contribution in [0.5, 0.6) is 0 Å². The number of hydrogen-bond acceptors (Lipinski definition) is 3. The predicted octanol–water partition coefficient (Wildman–Crippen LogP) is -0.0455. The van der Waals surface area contributed by atoms with E-state index < -0.39 is 0 Å². The quantitative estimate of drug-likeness (QED) is 0.447. The summed E-state index contributed by atoms with van der Waals surface area (Å²) in [4.78, 5) is 12.1. The van der Waals surface area contributed by atoms with Gasteiger partial charge in [-0.1, -0.05) is 6.58 Å². The van der Waals surface area contributed by atoms with Crippen LogP contribution in [0.1, 0.15) is 6.42 Å². The first-order valence-electron chi connectivity index (χ1n) is 3.58. The van der Waals surface area contributed by atoms with Crippen LogP contribution in [0.15, 0.2) is 18.4 Å². The van der Waals surface area contributed by atoms with Crippen molar-refractivity contribution in [1.82, 2.24) is 4.90 Å². The molecule has 0 spiro atoms. The molecule has 0 amide bonds. The average molecular weight is 153 g/mol. The number of carbonyl (C=O) groups excluding carboxylic acids is 1. The van der Waals surface area contributed by atoms with Crippen molar-refractivity contribution in [3.05, 3.63) is 18.4 Å². The van der Waals surface area contributed by atoms with Crippen LogP contribution in [0, 0.1) is 0 Å². The number of nitrogens with zero attached hydrogens (tertiary/aromatic N) is 1. The summed E-state index contributed by atoms with van der Waals surface area (Å²) in [5.74, 6) is 1.78. The van der Waals surface area contributed by atoms with Crippen molar-refractivity contribution in [2.24, 2.45) is 0 Å². The first-order valence-corrected chi connectivity index (χ1v) is 3.58. The molecule has 0 radical (unpaired) electrons. The Morgan fingerprint density at radius 3 is 2.91 bits per heavy atom. The number of rotatable bonds is 2. The summed E-state index contributed by atoms with van der Waals surface area (Å²) in [7, 11) is 0. The highest BCUT2D eigenvalue weighted by molar-refractivity contribution is 5.56. The molecule has 1 atom stereocenters. The van der Waals surface area contributed by atoms with Crippen LogP contribution in [0.25, 0.3) is 0 Å². The molecule has 0 saturated carbocycles. The van der Waals surface area contributed by atoms with Gasteiger partial charge in [-0.3, -0.25) is 0 Å². The van der Waals surface area contributed by atoms with Gasteiger partial charge in [-0.05, 0) is 12.5 Å². The molecule has 0 aromatic heterocycles. The molecule has 1 rings (SSSR count). The maximum atomic E-state index is 10.3. The Labute approximate surface area is 65.6 Å². The minimum absolute atomic E-state index is 0.307. The summed E-state index contributed by atoms with van der Waals surface area (Å²) >= 11 is 0. The van der Waals surface area contributed by atoms with Crippen molar-refractivity contribution < 1.29 is 9.90 Å². The molecule has 0 aliphatic carbocycles. The second-order valence-corrected chi connectivity index (χ2v) is 2.58. The first-order chi connectivity index (χ1) is 5.27. The standard InChI is InChI=1S/C8H11NO2/c1-2-7(6-10)9-4-3-8(11)5-9/h2,8,11H,1,3-5H2. The Hall–Kier alpha value is -1.05. The molecule has 0 bridgehead atoms. The SMILES string of the molecule is C=CC(=C=O)N1CCC(O)C1. The van der Waals surface area contributed by atoms with E-state index in [2.05, 4.69) is 6.58 Å². The monoisotopic (exact) mass is 153 g/mol. The molecule has 60 valence electrons. The number of allylic oxidation sites excluding steroid dienone is 1. The van der Waals surface area contributed by atoms with Crippen molar-refractivity contribution in [3.8, 4) is 0 Å². The van der Waals surface area contributed by atoms with E-state index in [0.717, 1.165) is 13.0 Å². The summed E-state index contributed by atoms with van der Waals surface area (Å²) in [5.41, 5.74) is 0.446. The molecule has 11 heavy (non-hydrogen) atoms. The third kappa shape index (κ3) is 1.70. The highest BCUT2D eigenvalue weighted by atomic mass is 16.3. The molecule has 3 heteroatoms. The van der Waals surface area contributed by atoms with Crippen LogP contribution < -0.4 is 0 Å². The molecular formula is C8H11NO2. The summed E-state index contributed by atoms with van der Waals surface area (Å²) in [5, 5.41) is 9.12. The average Bonchev–Trinajstić information content (AvgIpc) is 2.39. The van der Waals surface area contributed by atoms with Crippen molar-refractivity contribution in [2.45, 2.75) is 12.5 Å². The fourth-order valence-electron chi connectivity index (χ4n) is 1.20. The molecule has 1 fully saturated rings. The summed E-state index contributed by atoms with van der Waals surface area (Å²) in [6.45, 7) is 4.72. The molecule has 0 aromatic rings. The van der Waals surface area contributed by atoms with Gasteiger partial charge in [-0.25, -0.2) is 4.79 Å². The minimum atomic E-state index is -0.307. The number of aliphatic hydroxyl groups excluding tert-OH is 1. The van der Waals surface area contributed by atoms with Gasteiger partial charge in [0.25, 0.3) is 0 Å². The van der Waals surface area contributed by atoms with Crippen LogP contribution in [-0.4, -0.2) is 35.1 Å². The Morgan fingerprint density at radius 2 is 2.55 bits per heavy atom. The van der Waals surface area contributed by atoms with Gasteiger partial charge < -0.3 is 10.0 Å². The maximum absolute atomic E-state index is 10.3. The van der Waals surface area contributed by atoms with Crippen molar-refractivity contribution in [3.63, 3.8) is 0 Å². The number of aliphatic hydroxyl groups is 1. The molecular weight excluding hydrogens is 142 g/mol. The van der Waals surface area contributed by atoms with Gasteiger partial charge in [-0.15, -0.1) is 0 Å². The second kappa shape index (κ2) is 3.37. The normalized spacial score (nSPS) is 23.0. The fraction of sp³-hybridized carbons (Fsp3) is 0.500. The Bertz CT molecular complexity index is 206. The van der Waals surface area contributed by atoms with Crippen LogP contribution in [0.3, 0.4) is 0 Å². The summed E-state index contributed by atoms with van der Waals surface area (Å²) < 4.78 is 0. The second-order valence-electron chi connectivity index (χ2n) is 2.58. The van der Waals surface area contributed by atoms with Gasteiger partial charge in [0, 0.05) is 13.1 Å². The molecule has 3 nitrogen and oxygen atoms in total. The Balaban J connectivity index is 2.62. The van der Waals surface area contributed by atoms with Crippen molar-refractivity contribution in [1.29, 1.82) is 0 Å². The van der Waals surface area contributed by atoms with Crippen molar-refractivity contribution in [2.75, 3.05) is 13.1 Å². The lowest BCUT2D eigenvalue weighted by Crippen LogP contribution is -2.20. The zero-order valence-electron chi connectivity index (χ0n) is 6.29. The van der Waals surface area contributed by atoms with Crippen LogP contribution in [0.2, 0.25) is 0 Å². The number of β-amino-alcohol motifs (C(OH)–C–C–N with tert-alkyl or cyclic N) is 1. The number of hydrogen-bond donors (Lipinski definition) is 1. The zero-order valence-corrected chi connectivity index (χ0v) is 6.29. The molecule has 1 heterocycles. The lowest BCUT2D eigenvalue weighted by molar-refractivity contribution is 0.184. The lowest BCUT2D eigenvalue weighted by Gasteiger charge is -2.14. The maximum Gasteiger partial charge on any atom is 0.150 e. The third-order valence-corrected chi connectivity index (χ3v) is 1.80. The smallest absolute Gasteiger partial charge is 0.150 e. The molecule has 1 N–H and O–H groups in total. The highest BCUT2D eigenvalue weighted by Gasteiger charge is 2.20. The molecule has 1 aliphatic heterocycles. The van der Waals surface area contributed by atoms with Gasteiger partial charge in [0.15, 0.2) is 0 Å². The van der Waals surface area contributed by atoms with E-state index in [9.17, 15) is 4.79 Å². The van der Waals surface area contributed by atoms with Gasteiger partial charge in [0.2, 0.25) is 0 Å². The van der Waals surface area contributed by atoms with Gasteiger partial charge in [0.1, 0.15) is 11.6 Å². The Morgan fingerprint density at radius 1 is 1.82 bits per heavy atom. The van der Waals surface area contributed by atoms with E-state index in [1.165, 1.54) is 6.08 Å². The number of likely N-dealkylation sites (tertiary alicyclic amines) is 1. The molecule has 1 unspecified atom stereocenters. The fourth-order valence-corrected chi connectivity index (χ4v) is 1.20. The first kappa shape index (κ1) is 8.05. The van der Waals surface area contributed by atoms with E-state index in [1.807, 2.05) is 0 Å². The van der Waals surface area contributed by atoms with Crippen LogP contribution in [0.4, 0.5) is 0 Å². The molecule has 1 aliphatic rings. The van der Waals surface area contributed by atoms with E-state index in [0.29, 0.717) is 12.2 Å². The van der Waals surface area contributed by atoms with E-state index in [-0.39, 0.29) is 6.10 Å². The summed E-state index contributed by atoms with van der Waals surface area (Å²) in [6, 6.07) is 0. The topological polar surface area (TPSA) is 40.5 Å². The van der Waals surface area contributed by atoms with Crippen LogP contribution >= 0.6 is 0 Å². The largest absolute Gasteiger partial charge is 0.391 e. The highest BCUT2D eigenvalue weighted by Crippen LogP contribution is 2.13. The van der Waals surface area contributed by atoms with E-state index in [1.54, 1.807) is 10.8 Å². The third-order valence-electron chi connectivity index (χ3n) is 1.80. The van der Waals surface area contributed by atoms with Crippen molar-refractivity contribution >= 4 is 5.94 Å². The van der Waals surface area contributed by atoms with Crippen LogP contribution in [-0.2, 0) is 4.79 Å². The molecule has 0 aromatic carbocycles. The molecule has 1 saturated heterocycles. The zero-order chi connectivity index (χ0) is 8.27. The van der Waals surface area contributed by atoms with E-state index >= 15 is 0 Å². The van der Waals surface area contributed by atoms with Gasteiger partial charge >= 0.3 is 0 Å². The van der Waals surface area contributed by atoms with E-state index in [4.69, 9.17) is 5.11 Å². The minimum Gasteiger partial charge on any atom is -0.391 e. The predicted molar refractivity (Wildman–Crippen MR) is 41.6 cm³/mol. The Kier molecular flexibility index (Phi) is 2.47. The van der Waals surface area contributed by atoms with Gasteiger partial charge in [-0.2, -0.15) is 0 Å². The summed E-state index contributed by atoms with van der Waals surface area (Å²) in [6.07, 6.45) is 1.88. The lowest BCUT2D eigenvalue weighted by atomic mass is 10.3.